The van der Waals surface area contributed by atoms with E-state index in [0.29, 0.717) is 25.2 Å². The summed E-state index contributed by atoms with van der Waals surface area (Å²) >= 11 is 2.10. The number of nitrogen functional groups attached to an aromatic ring is 1. The van der Waals surface area contributed by atoms with E-state index in [1.807, 2.05) is 0 Å². The highest BCUT2D eigenvalue weighted by molar-refractivity contribution is 8.00. The van der Waals surface area contributed by atoms with Crippen molar-refractivity contribution in [3.63, 3.8) is 0 Å². The summed E-state index contributed by atoms with van der Waals surface area (Å²) < 4.78 is 17.0. The summed E-state index contributed by atoms with van der Waals surface area (Å²) in [7, 11) is 0. The van der Waals surface area contributed by atoms with Crippen LogP contribution in [0.5, 0.6) is 11.5 Å². The molecule has 3 aliphatic heterocycles. The second-order valence-corrected chi connectivity index (χ2v) is 15.2. The molecule has 55 heavy (non-hydrogen) atoms. The first-order valence-electron chi connectivity index (χ1n) is 16.8. The van der Waals surface area contributed by atoms with Crippen LogP contribution in [0.3, 0.4) is 0 Å². The molecule has 19 nitrogen and oxygen atoms in total. The number of benzene rings is 1. The highest BCUT2D eigenvalue weighted by Gasteiger charge is 2.55. The van der Waals surface area contributed by atoms with Crippen LogP contribution in [-0.4, -0.2) is 123 Å². The fourth-order valence-corrected chi connectivity index (χ4v) is 8.99. The molecule has 0 spiro atoms. The summed E-state index contributed by atoms with van der Waals surface area (Å²) in [5.74, 6) is -9.25. The van der Waals surface area contributed by atoms with Crippen LogP contribution in [0.25, 0.3) is 10.9 Å². The van der Waals surface area contributed by atoms with Crippen molar-refractivity contribution in [3.05, 3.63) is 56.2 Å². The molecule has 6 rings (SSSR count). The number of nitrogens with one attached hydrogen (secondary N) is 1. The third-order valence-electron chi connectivity index (χ3n) is 9.65. The number of carboxylic acid groups (broad SMARTS) is 3. The number of anilines is 1. The van der Waals surface area contributed by atoms with Crippen LogP contribution < -0.4 is 16.5 Å². The van der Waals surface area contributed by atoms with Gasteiger partial charge in [-0.05, 0) is 6.92 Å². The van der Waals surface area contributed by atoms with Crippen LogP contribution in [-0.2, 0) is 41.9 Å². The zero-order chi connectivity index (χ0) is 39.9. The molecule has 0 saturated carbocycles. The zero-order valence-corrected chi connectivity index (χ0v) is 30.6. The van der Waals surface area contributed by atoms with Gasteiger partial charge in [0.15, 0.2) is 28.2 Å². The fourth-order valence-electron chi connectivity index (χ4n) is 7.11. The molecule has 0 aliphatic carbocycles. The smallest absolute Gasteiger partial charge is 0.352 e. The average molecular weight is 805 g/mol. The second kappa shape index (κ2) is 15.2. The van der Waals surface area contributed by atoms with Gasteiger partial charge < -0.3 is 50.5 Å². The molecule has 2 saturated heterocycles. The molecule has 0 bridgehead atoms. The number of quaternary nitrogens is 1. The number of hydrogen-bond donors (Lipinski definition) is 7. The van der Waals surface area contributed by atoms with E-state index in [4.69, 9.17) is 15.7 Å². The van der Waals surface area contributed by atoms with E-state index < -0.39 is 82.1 Å². The van der Waals surface area contributed by atoms with Crippen molar-refractivity contribution in [2.24, 2.45) is 5.16 Å². The molecular weight excluding hydrogens is 770 g/mol. The molecule has 3 aliphatic rings. The molecule has 3 aromatic rings. The number of amides is 2. The van der Waals surface area contributed by atoms with Crippen LogP contribution in [0.15, 0.2) is 38.9 Å². The number of carbonyl (C=O) groups is 5. The number of likely N-dealkylation sites (tertiary alicyclic amines) is 1. The Morgan fingerprint density at radius 3 is 2.47 bits per heavy atom. The number of fused-ring (bicyclic) bond motifs is 2. The van der Waals surface area contributed by atoms with Crippen LogP contribution in [0, 0.1) is 5.82 Å². The molecule has 3 atom stereocenters. The summed E-state index contributed by atoms with van der Waals surface area (Å²) in [5.41, 5.74) is 4.73. The van der Waals surface area contributed by atoms with Crippen molar-refractivity contribution in [1.82, 2.24) is 19.8 Å². The van der Waals surface area contributed by atoms with Crippen molar-refractivity contribution in [3.8, 4) is 11.5 Å². The lowest BCUT2D eigenvalue weighted by atomic mass is 10.0. The third-order valence-corrected chi connectivity index (χ3v) is 11.7. The number of pyridine rings is 1. The van der Waals surface area contributed by atoms with Gasteiger partial charge >= 0.3 is 17.9 Å². The number of aryl methyl sites for hydroxylation is 1. The minimum atomic E-state index is -1.97. The molecule has 2 fully saturated rings. The van der Waals surface area contributed by atoms with Gasteiger partial charge in [0.25, 0.3) is 11.8 Å². The van der Waals surface area contributed by atoms with Gasteiger partial charge in [-0.3, -0.25) is 24.1 Å². The van der Waals surface area contributed by atoms with E-state index in [9.17, 15) is 49.2 Å². The number of β-lactam (4-membered cyclic amide) rings is 1. The number of carbonyl (C=O) groups excluding carboxylic acids is 2. The number of phenols is 2. The quantitative estimate of drug-likeness (QED) is 0.0390. The maximum Gasteiger partial charge on any atom is 0.352 e. The van der Waals surface area contributed by atoms with Gasteiger partial charge in [-0.15, -0.1) is 23.1 Å². The normalized spacial score (nSPS) is 19.9. The number of carboxylic acids is 3. The molecule has 2 unspecified atom stereocenters. The average Bonchev–Trinajstić information content (AvgIpc) is 3.78. The summed E-state index contributed by atoms with van der Waals surface area (Å²) in [4.78, 5) is 86.1. The number of halogens is 1. The Hall–Kier alpha value is -5.74. The van der Waals surface area contributed by atoms with Gasteiger partial charge in [0.05, 0.1) is 36.0 Å². The van der Waals surface area contributed by atoms with E-state index in [1.165, 1.54) is 17.1 Å². The number of aromatic nitrogens is 2. The SMILES string of the molecule is CCn1cc(C[N+]2(CC3=C(C(=O)O)N4C(=O)C(NC(=O)/C(=N\O[C@@H](CC(=O)O)C(=O)O)c5csc(N)n5)C4SC3)CCCC2)c(=O)c2c(F)c(O)c(O)cc21. The Bertz CT molecular complexity index is 2250. The Balaban J connectivity index is 1.26. The molecule has 22 heteroatoms. The molecule has 292 valence electrons. The number of hydrogen-bond acceptors (Lipinski definition) is 14. The second-order valence-electron chi connectivity index (χ2n) is 13.2. The number of nitrogens with zero attached hydrogens (tertiary/aromatic N) is 5. The topological polar surface area (TPSA) is 284 Å². The number of thioether (sulfide) groups is 1. The molecular formula is C33H35FN7O12S2+. The maximum atomic E-state index is 15.2. The van der Waals surface area contributed by atoms with E-state index in [1.54, 1.807) is 17.7 Å². The van der Waals surface area contributed by atoms with E-state index >= 15 is 4.39 Å². The molecule has 2 aromatic heterocycles. The van der Waals surface area contributed by atoms with Gasteiger partial charge in [-0.1, -0.05) is 5.16 Å². The van der Waals surface area contributed by atoms with E-state index in [2.05, 4.69) is 15.5 Å². The summed E-state index contributed by atoms with van der Waals surface area (Å²) in [6.45, 7) is 3.39. The Labute approximate surface area is 317 Å². The van der Waals surface area contributed by atoms with Gasteiger partial charge in [0, 0.05) is 48.4 Å². The Morgan fingerprint density at radius 1 is 1.16 bits per heavy atom. The van der Waals surface area contributed by atoms with Gasteiger partial charge in [0.2, 0.25) is 11.5 Å². The lowest BCUT2D eigenvalue weighted by Crippen LogP contribution is -2.71. The van der Waals surface area contributed by atoms with Crippen LogP contribution in [0.2, 0.25) is 0 Å². The van der Waals surface area contributed by atoms with Gasteiger partial charge in [-0.2, -0.15) is 0 Å². The molecule has 0 radical (unpaired) electrons. The highest BCUT2D eigenvalue weighted by atomic mass is 32.2. The minimum absolute atomic E-state index is 0.00940. The number of rotatable bonds is 14. The maximum absolute atomic E-state index is 15.2. The Morgan fingerprint density at radius 2 is 1.87 bits per heavy atom. The number of nitrogens with two attached hydrogens (primary N) is 1. The predicted octanol–water partition coefficient (Wildman–Crippen LogP) is 0.808. The Kier molecular flexibility index (Phi) is 10.8. The van der Waals surface area contributed by atoms with Crippen molar-refractivity contribution in [2.45, 2.75) is 56.8 Å². The standard InChI is InChI=1S/C33H34FN7O12S2/c1-2-39-9-14(26(45)21-17(39)7-18(42)27(46)22(21)34)10-41(5-3-4-6-41)11-15-12-54-30-24(29(48)40(30)25(15)32(51)52)37-28(47)23(16-13-55-33(35)36-16)38-53-19(31(49)50)8-20(43)44/h7,9,13,19,24,30H,2-6,8,10-12H2,1H3,(H7-,35,36,37,38,42,43,44,45,46,47,49,50,51,52)/p+1/t19-,24?,30?/m0/s1. The molecule has 5 heterocycles. The van der Waals surface area contributed by atoms with Gasteiger partial charge in [-0.25, -0.2) is 19.0 Å². The summed E-state index contributed by atoms with van der Waals surface area (Å²) in [5, 5.41) is 55.0. The first kappa shape index (κ1) is 39.0. The van der Waals surface area contributed by atoms with E-state index in [0.717, 1.165) is 35.1 Å². The number of aliphatic carboxylic acids is 3. The van der Waals surface area contributed by atoms with Crippen LogP contribution >= 0.6 is 23.1 Å². The number of phenolic OH excluding ortho intramolecular Hbond substituents is 2. The number of thiazole rings is 1. The summed E-state index contributed by atoms with van der Waals surface area (Å²) in [6.07, 6.45) is 0.125. The van der Waals surface area contributed by atoms with Crippen LogP contribution in [0.1, 0.15) is 37.4 Å². The van der Waals surface area contributed by atoms with Crippen molar-refractivity contribution in [1.29, 1.82) is 0 Å². The lowest BCUT2D eigenvalue weighted by Gasteiger charge is -2.50. The first-order valence-corrected chi connectivity index (χ1v) is 18.7. The number of aromatic hydroxyl groups is 2. The van der Waals surface area contributed by atoms with Crippen LogP contribution in [0.4, 0.5) is 9.52 Å². The highest BCUT2D eigenvalue weighted by Crippen LogP contribution is 2.42. The lowest BCUT2D eigenvalue weighted by molar-refractivity contribution is -0.925. The number of oxime groups is 1. The minimum Gasteiger partial charge on any atom is -0.504 e. The molecule has 2 amide bonds. The van der Waals surface area contributed by atoms with Crippen molar-refractivity contribution >= 4 is 74.6 Å². The first-order chi connectivity index (χ1) is 26.1. The van der Waals surface area contributed by atoms with Crippen molar-refractivity contribution in [2.75, 3.05) is 31.1 Å². The molecule has 8 N–H and O–H groups in total. The predicted molar refractivity (Wildman–Crippen MR) is 192 cm³/mol. The fraction of sp³-hybridized carbons (Fsp3) is 0.394. The van der Waals surface area contributed by atoms with E-state index in [-0.39, 0.29) is 56.3 Å². The molecule has 1 aromatic carbocycles. The monoisotopic (exact) mass is 804 g/mol. The van der Waals surface area contributed by atoms with Crippen molar-refractivity contribution < 1.29 is 63.2 Å². The largest absolute Gasteiger partial charge is 0.504 e. The summed E-state index contributed by atoms with van der Waals surface area (Å²) in [6, 6.07) is -0.134. The van der Waals surface area contributed by atoms with Gasteiger partial charge in [0.1, 0.15) is 35.9 Å². The third kappa shape index (κ3) is 7.38. The zero-order valence-electron chi connectivity index (χ0n) is 28.9.